The van der Waals surface area contributed by atoms with Crippen molar-refractivity contribution in [2.75, 3.05) is 26.3 Å². The number of nitrogens with one attached hydrogen (secondary N) is 1. The first-order valence-electron chi connectivity index (χ1n) is 5.23. The molecule has 1 fully saturated rings. The molecule has 0 aromatic carbocycles. The molecule has 2 heterocycles. The summed E-state index contributed by atoms with van der Waals surface area (Å²) in [5.74, 6) is 0. The maximum absolute atomic E-state index is 5.53. The van der Waals surface area contributed by atoms with Crippen molar-refractivity contribution in [1.82, 2.24) is 15.1 Å². The molecule has 1 aromatic heterocycles. The van der Waals surface area contributed by atoms with E-state index in [0.717, 1.165) is 25.4 Å². The lowest BCUT2D eigenvalue weighted by molar-refractivity contribution is -0.0363. The molecule has 0 saturated carbocycles. The van der Waals surface area contributed by atoms with Crippen LogP contribution in [-0.4, -0.2) is 42.2 Å². The predicted molar refractivity (Wildman–Crippen MR) is 55.5 cm³/mol. The molecule has 2 rings (SSSR count). The van der Waals surface area contributed by atoms with Gasteiger partial charge in [0, 0.05) is 26.3 Å². The summed E-state index contributed by atoms with van der Waals surface area (Å²) in [6.45, 7) is 3.78. The molecule has 0 radical (unpaired) electrons. The maximum atomic E-state index is 5.53. The first kappa shape index (κ1) is 10.6. The van der Waals surface area contributed by atoms with Crippen molar-refractivity contribution in [3.8, 4) is 0 Å². The molecule has 15 heavy (non-hydrogen) atoms. The molecule has 0 bridgehead atoms. The van der Waals surface area contributed by atoms with Crippen LogP contribution in [0.15, 0.2) is 12.3 Å². The number of hydrogen-bond donors (Lipinski definition) is 1. The van der Waals surface area contributed by atoms with Gasteiger partial charge in [0.2, 0.25) is 0 Å². The second kappa shape index (κ2) is 5.25. The third kappa shape index (κ3) is 3.30. The Morgan fingerprint density at radius 3 is 3.33 bits per heavy atom. The average Bonchev–Trinajstić information content (AvgIpc) is 2.66. The number of nitrogens with zero attached hydrogens (tertiary/aromatic N) is 2. The lowest BCUT2D eigenvalue weighted by Crippen LogP contribution is -2.40. The van der Waals surface area contributed by atoms with E-state index in [1.165, 1.54) is 0 Å². The Morgan fingerprint density at radius 1 is 1.73 bits per heavy atom. The van der Waals surface area contributed by atoms with E-state index in [0.29, 0.717) is 13.2 Å². The van der Waals surface area contributed by atoms with Crippen molar-refractivity contribution in [3.05, 3.63) is 18.0 Å². The van der Waals surface area contributed by atoms with Crippen molar-refractivity contribution in [1.29, 1.82) is 0 Å². The summed E-state index contributed by atoms with van der Waals surface area (Å²) in [6, 6.07) is 1.96. The van der Waals surface area contributed by atoms with Gasteiger partial charge in [-0.15, -0.1) is 0 Å². The van der Waals surface area contributed by atoms with Gasteiger partial charge in [-0.05, 0) is 6.07 Å². The number of hydrogen-bond acceptors (Lipinski definition) is 4. The number of aryl methyl sites for hydroxylation is 1. The van der Waals surface area contributed by atoms with E-state index >= 15 is 0 Å². The van der Waals surface area contributed by atoms with E-state index in [4.69, 9.17) is 9.47 Å². The van der Waals surface area contributed by atoms with Crippen LogP contribution in [0.25, 0.3) is 0 Å². The van der Waals surface area contributed by atoms with Crippen LogP contribution in [-0.2, 0) is 23.1 Å². The maximum Gasteiger partial charge on any atom is 0.0933 e. The van der Waals surface area contributed by atoms with E-state index in [9.17, 15) is 0 Å². The van der Waals surface area contributed by atoms with Gasteiger partial charge in [0.15, 0.2) is 0 Å². The van der Waals surface area contributed by atoms with Crippen LogP contribution < -0.4 is 5.32 Å². The van der Waals surface area contributed by atoms with Crippen LogP contribution in [0.5, 0.6) is 0 Å². The zero-order chi connectivity index (χ0) is 10.5. The molecule has 1 aliphatic heterocycles. The highest BCUT2D eigenvalue weighted by Crippen LogP contribution is 2.01. The molecule has 0 spiro atoms. The molecule has 0 amide bonds. The Bertz CT molecular complexity index is 295. The molecule has 1 aliphatic rings. The predicted octanol–water partition coefficient (Wildman–Crippen LogP) is -0.0749. The van der Waals surface area contributed by atoms with Crippen LogP contribution in [0.4, 0.5) is 0 Å². The third-order valence-corrected chi connectivity index (χ3v) is 2.33. The van der Waals surface area contributed by atoms with Gasteiger partial charge in [0.05, 0.1) is 31.6 Å². The van der Waals surface area contributed by atoms with Gasteiger partial charge < -0.3 is 14.8 Å². The summed E-state index contributed by atoms with van der Waals surface area (Å²) in [7, 11) is 1.90. The van der Waals surface area contributed by atoms with Crippen LogP contribution in [0.1, 0.15) is 5.69 Å². The van der Waals surface area contributed by atoms with Gasteiger partial charge in [-0.1, -0.05) is 0 Å². The first-order chi connectivity index (χ1) is 7.34. The fraction of sp³-hybridized carbons (Fsp3) is 0.700. The first-order valence-corrected chi connectivity index (χ1v) is 5.23. The van der Waals surface area contributed by atoms with Crippen molar-refractivity contribution < 1.29 is 9.47 Å². The topological polar surface area (TPSA) is 48.3 Å². The van der Waals surface area contributed by atoms with E-state index in [1.807, 2.05) is 19.3 Å². The lowest BCUT2D eigenvalue weighted by atomic mass is 10.3. The fourth-order valence-electron chi connectivity index (χ4n) is 1.56. The summed E-state index contributed by atoms with van der Waals surface area (Å²) in [5, 5.41) is 7.49. The quantitative estimate of drug-likeness (QED) is 0.757. The molecule has 1 atom stereocenters. The second-order valence-electron chi connectivity index (χ2n) is 3.69. The summed E-state index contributed by atoms with van der Waals surface area (Å²) in [6.07, 6.45) is 2.10. The van der Waals surface area contributed by atoms with E-state index in [-0.39, 0.29) is 6.10 Å². The standard InChI is InChI=1S/C10H17N3O2/c1-13-4-2-9(12-13)7-14-8-10-6-11-3-5-15-10/h2,4,10-11H,3,5-8H2,1H3. The molecule has 84 valence electrons. The Kier molecular flexibility index (Phi) is 3.71. The van der Waals surface area contributed by atoms with Gasteiger partial charge in [-0.2, -0.15) is 5.10 Å². The minimum atomic E-state index is 0.183. The molecular formula is C10H17N3O2. The van der Waals surface area contributed by atoms with E-state index in [2.05, 4.69) is 10.4 Å². The largest absolute Gasteiger partial charge is 0.373 e. The van der Waals surface area contributed by atoms with Gasteiger partial charge in [-0.3, -0.25) is 4.68 Å². The van der Waals surface area contributed by atoms with Gasteiger partial charge in [-0.25, -0.2) is 0 Å². The SMILES string of the molecule is Cn1ccc(COCC2CNCCO2)n1. The highest BCUT2D eigenvalue weighted by molar-refractivity contribution is 4.96. The smallest absolute Gasteiger partial charge is 0.0933 e. The molecule has 1 saturated heterocycles. The van der Waals surface area contributed by atoms with Gasteiger partial charge in [0.25, 0.3) is 0 Å². The monoisotopic (exact) mass is 211 g/mol. The van der Waals surface area contributed by atoms with E-state index in [1.54, 1.807) is 4.68 Å². The molecular weight excluding hydrogens is 194 g/mol. The fourth-order valence-corrected chi connectivity index (χ4v) is 1.56. The molecule has 1 unspecified atom stereocenters. The molecule has 0 aliphatic carbocycles. The number of aromatic nitrogens is 2. The third-order valence-electron chi connectivity index (χ3n) is 2.33. The van der Waals surface area contributed by atoms with Crippen molar-refractivity contribution in [2.45, 2.75) is 12.7 Å². The Labute approximate surface area is 89.4 Å². The molecule has 5 nitrogen and oxygen atoms in total. The van der Waals surface area contributed by atoms with Crippen LogP contribution in [0.2, 0.25) is 0 Å². The Morgan fingerprint density at radius 2 is 2.67 bits per heavy atom. The normalized spacial score (nSPS) is 21.8. The summed E-state index contributed by atoms with van der Waals surface area (Å²) >= 11 is 0. The van der Waals surface area contributed by atoms with Crippen molar-refractivity contribution >= 4 is 0 Å². The van der Waals surface area contributed by atoms with Crippen LogP contribution in [0.3, 0.4) is 0 Å². The number of morpholine rings is 1. The van der Waals surface area contributed by atoms with Crippen molar-refractivity contribution in [3.63, 3.8) is 0 Å². The molecule has 5 heteroatoms. The molecule has 1 aromatic rings. The highest BCUT2D eigenvalue weighted by atomic mass is 16.5. The Hall–Kier alpha value is -0.910. The Balaban J connectivity index is 1.65. The van der Waals surface area contributed by atoms with Gasteiger partial charge in [0.1, 0.15) is 0 Å². The molecule has 1 N–H and O–H groups in total. The minimum absolute atomic E-state index is 0.183. The van der Waals surface area contributed by atoms with Crippen molar-refractivity contribution in [2.24, 2.45) is 7.05 Å². The number of rotatable bonds is 4. The van der Waals surface area contributed by atoms with Crippen LogP contribution in [0, 0.1) is 0 Å². The summed E-state index contributed by atoms with van der Waals surface area (Å²) in [4.78, 5) is 0. The van der Waals surface area contributed by atoms with Gasteiger partial charge >= 0.3 is 0 Å². The zero-order valence-corrected chi connectivity index (χ0v) is 8.98. The zero-order valence-electron chi connectivity index (χ0n) is 8.98. The highest BCUT2D eigenvalue weighted by Gasteiger charge is 2.13. The van der Waals surface area contributed by atoms with Crippen LogP contribution >= 0.6 is 0 Å². The minimum Gasteiger partial charge on any atom is -0.373 e. The summed E-state index contributed by atoms with van der Waals surface area (Å²) < 4.78 is 12.8. The lowest BCUT2D eigenvalue weighted by Gasteiger charge is -2.23. The number of ether oxygens (including phenoxy) is 2. The van der Waals surface area contributed by atoms with E-state index < -0.39 is 0 Å². The summed E-state index contributed by atoms with van der Waals surface area (Å²) in [5.41, 5.74) is 0.960. The second-order valence-corrected chi connectivity index (χ2v) is 3.69. The average molecular weight is 211 g/mol.